The van der Waals surface area contributed by atoms with Crippen LogP contribution in [0.5, 0.6) is 0 Å². The maximum absolute atomic E-state index is 9.76. The zero-order valence-corrected chi connectivity index (χ0v) is 10.7. The van der Waals surface area contributed by atoms with Crippen molar-refractivity contribution in [2.45, 2.75) is 24.9 Å². The van der Waals surface area contributed by atoms with Crippen molar-refractivity contribution in [3.63, 3.8) is 0 Å². The minimum absolute atomic E-state index is 0.0784. The maximum atomic E-state index is 9.76. The van der Waals surface area contributed by atoms with Crippen molar-refractivity contribution in [3.05, 3.63) is 17.4 Å². The molecule has 3 rings (SSSR count). The summed E-state index contributed by atoms with van der Waals surface area (Å²) in [5.74, 6) is 0.0784. The van der Waals surface area contributed by atoms with E-state index in [1.54, 1.807) is 16.8 Å². The summed E-state index contributed by atoms with van der Waals surface area (Å²) < 4.78 is 7.31. The fraction of sp³-hybridized carbons (Fsp3) is 0.455. The second-order valence-electron chi connectivity index (χ2n) is 4.45. The number of aliphatic hydroxyl groups is 2. The highest BCUT2D eigenvalue weighted by Gasteiger charge is 2.35. The molecule has 1 aliphatic heterocycles. The zero-order valence-electron chi connectivity index (χ0n) is 9.90. The molecule has 3 atom stereocenters. The van der Waals surface area contributed by atoms with Crippen molar-refractivity contribution in [2.75, 3.05) is 12.3 Å². The molecular weight excluding hydrogens is 272 g/mol. The van der Waals surface area contributed by atoms with Crippen LogP contribution < -0.4 is 5.73 Å². The lowest BCUT2D eigenvalue weighted by Crippen LogP contribution is -2.24. The molecule has 0 aliphatic carbocycles. The number of rotatable bonds is 2. The lowest BCUT2D eigenvalue weighted by Gasteiger charge is -2.14. The number of halogens is 1. The first-order valence-electron chi connectivity index (χ1n) is 5.84. The van der Waals surface area contributed by atoms with Crippen molar-refractivity contribution in [2.24, 2.45) is 0 Å². The lowest BCUT2D eigenvalue weighted by molar-refractivity contribution is -0.0430. The predicted octanol–water partition coefficient (Wildman–Crippen LogP) is 0.308. The Balaban J connectivity index is 2.02. The number of fused-ring (bicyclic) bond motifs is 1. The maximum Gasteiger partial charge on any atom is 0.223 e. The molecule has 3 heterocycles. The molecule has 1 aliphatic rings. The molecule has 0 amide bonds. The Bertz CT molecular complexity index is 617. The number of anilines is 1. The lowest BCUT2D eigenvalue weighted by atomic mass is 10.2. The van der Waals surface area contributed by atoms with Gasteiger partial charge in [0.25, 0.3) is 0 Å². The number of aliphatic hydroxyl groups excluding tert-OH is 2. The number of nitrogens with two attached hydrogens (primary N) is 1. The Morgan fingerprint density at radius 3 is 3.00 bits per heavy atom. The first-order valence-corrected chi connectivity index (χ1v) is 6.22. The van der Waals surface area contributed by atoms with Crippen LogP contribution in [0, 0.1) is 0 Å². The molecule has 0 radical (unpaired) electrons. The Kier molecular flexibility index (Phi) is 3.06. The molecule has 7 nitrogen and oxygen atoms in total. The third-order valence-corrected chi connectivity index (χ3v) is 3.53. The largest absolute Gasteiger partial charge is 0.394 e. The monoisotopic (exact) mass is 284 g/mol. The van der Waals surface area contributed by atoms with E-state index in [0.29, 0.717) is 17.5 Å². The Hall–Kier alpha value is -1.41. The van der Waals surface area contributed by atoms with E-state index >= 15 is 0 Å². The third-order valence-electron chi connectivity index (χ3n) is 3.24. The van der Waals surface area contributed by atoms with E-state index in [1.807, 2.05) is 0 Å². The molecule has 2 aromatic rings. The van der Waals surface area contributed by atoms with Gasteiger partial charge in [0.15, 0.2) is 0 Å². The molecular formula is C11H13ClN4O3. The van der Waals surface area contributed by atoms with E-state index in [4.69, 9.17) is 27.2 Å². The van der Waals surface area contributed by atoms with E-state index in [-0.39, 0.29) is 17.7 Å². The fourth-order valence-electron chi connectivity index (χ4n) is 2.29. The van der Waals surface area contributed by atoms with Crippen LogP contribution in [0.4, 0.5) is 5.95 Å². The van der Waals surface area contributed by atoms with Crippen LogP contribution in [-0.4, -0.2) is 43.6 Å². The minimum atomic E-state index is -0.706. The summed E-state index contributed by atoms with van der Waals surface area (Å²) in [7, 11) is 0. The fourth-order valence-corrected chi connectivity index (χ4v) is 2.53. The number of hydrogen-bond donors (Lipinski definition) is 3. The van der Waals surface area contributed by atoms with Gasteiger partial charge in [0.1, 0.15) is 23.1 Å². The summed E-state index contributed by atoms with van der Waals surface area (Å²) in [6, 6.07) is 1.76. The minimum Gasteiger partial charge on any atom is -0.394 e. The van der Waals surface area contributed by atoms with Crippen LogP contribution in [0.3, 0.4) is 0 Å². The molecule has 0 bridgehead atoms. The van der Waals surface area contributed by atoms with Gasteiger partial charge >= 0.3 is 0 Å². The summed E-state index contributed by atoms with van der Waals surface area (Å²) in [5.41, 5.74) is 6.13. The molecule has 2 aromatic heterocycles. The van der Waals surface area contributed by atoms with Gasteiger partial charge in [0.2, 0.25) is 5.95 Å². The van der Waals surface area contributed by atoms with E-state index in [1.165, 1.54) is 0 Å². The molecule has 3 unspecified atom stereocenters. The van der Waals surface area contributed by atoms with Gasteiger partial charge in [-0.05, 0) is 6.07 Å². The van der Waals surface area contributed by atoms with Gasteiger partial charge in [0, 0.05) is 12.6 Å². The number of nitrogen functional groups attached to an aromatic ring is 1. The van der Waals surface area contributed by atoms with E-state index < -0.39 is 18.4 Å². The average molecular weight is 285 g/mol. The second-order valence-corrected chi connectivity index (χ2v) is 4.81. The van der Waals surface area contributed by atoms with Crippen molar-refractivity contribution in [3.8, 4) is 0 Å². The number of ether oxygens (including phenoxy) is 1. The van der Waals surface area contributed by atoms with Crippen LogP contribution in [0.25, 0.3) is 11.0 Å². The third kappa shape index (κ3) is 2.04. The van der Waals surface area contributed by atoms with Gasteiger partial charge in [-0.3, -0.25) is 0 Å². The van der Waals surface area contributed by atoms with E-state index in [2.05, 4.69) is 9.97 Å². The predicted molar refractivity (Wildman–Crippen MR) is 68.6 cm³/mol. The van der Waals surface area contributed by atoms with Crippen molar-refractivity contribution in [1.82, 2.24) is 14.5 Å². The molecule has 0 saturated carbocycles. The molecule has 19 heavy (non-hydrogen) atoms. The molecule has 1 fully saturated rings. The normalized spacial score (nSPS) is 27.2. The highest BCUT2D eigenvalue weighted by atomic mass is 35.5. The standard InChI is InChI=1S/C11H13ClN4O3/c12-9-5-1-2-16(10(5)15-11(13)14-9)8-3-6(18)7(4-17)19-8/h1-2,6-8,17-18H,3-4H2,(H2,13,14,15). The van der Waals surface area contributed by atoms with Gasteiger partial charge < -0.3 is 25.3 Å². The van der Waals surface area contributed by atoms with Crippen molar-refractivity contribution < 1.29 is 14.9 Å². The van der Waals surface area contributed by atoms with Crippen LogP contribution in [0.15, 0.2) is 12.3 Å². The van der Waals surface area contributed by atoms with Gasteiger partial charge in [0.05, 0.1) is 18.1 Å². The first-order chi connectivity index (χ1) is 9.10. The molecule has 102 valence electrons. The smallest absolute Gasteiger partial charge is 0.223 e. The number of hydrogen-bond acceptors (Lipinski definition) is 6. The molecule has 8 heteroatoms. The second kappa shape index (κ2) is 4.61. The van der Waals surface area contributed by atoms with Gasteiger partial charge in [-0.1, -0.05) is 11.6 Å². The molecule has 4 N–H and O–H groups in total. The Morgan fingerprint density at radius 2 is 2.32 bits per heavy atom. The van der Waals surface area contributed by atoms with Crippen molar-refractivity contribution >= 4 is 28.6 Å². The first kappa shape index (κ1) is 12.6. The van der Waals surface area contributed by atoms with Gasteiger partial charge in [-0.25, -0.2) is 4.98 Å². The summed E-state index contributed by atoms with van der Waals surface area (Å²) in [5, 5.41) is 19.8. The Labute approximate surface area is 113 Å². The van der Waals surface area contributed by atoms with E-state index in [0.717, 1.165) is 0 Å². The van der Waals surface area contributed by atoms with Crippen LogP contribution in [-0.2, 0) is 4.74 Å². The molecule has 0 spiro atoms. The van der Waals surface area contributed by atoms with Gasteiger partial charge in [-0.2, -0.15) is 4.98 Å². The SMILES string of the molecule is Nc1nc(Cl)c2ccn(C3CC(O)C(CO)O3)c2n1. The zero-order chi connectivity index (χ0) is 13.6. The quantitative estimate of drug-likeness (QED) is 0.685. The van der Waals surface area contributed by atoms with Crippen LogP contribution in [0.1, 0.15) is 12.6 Å². The number of nitrogens with zero attached hydrogens (tertiary/aromatic N) is 3. The Morgan fingerprint density at radius 1 is 1.53 bits per heavy atom. The summed E-state index contributed by atoms with van der Waals surface area (Å²) in [4.78, 5) is 8.01. The van der Waals surface area contributed by atoms with Crippen LogP contribution >= 0.6 is 11.6 Å². The number of aromatic nitrogens is 3. The highest BCUT2D eigenvalue weighted by Crippen LogP contribution is 2.32. The molecule has 0 aromatic carbocycles. The highest BCUT2D eigenvalue weighted by molar-refractivity contribution is 6.34. The topological polar surface area (TPSA) is 106 Å². The average Bonchev–Trinajstić information content (AvgIpc) is 2.92. The van der Waals surface area contributed by atoms with Crippen LogP contribution in [0.2, 0.25) is 5.15 Å². The van der Waals surface area contributed by atoms with E-state index in [9.17, 15) is 5.11 Å². The van der Waals surface area contributed by atoms with Crippen molar-refractivity contribution in [1.29, 1.82) is 0 Å². The summed E-state index contributed by atoms with van der Waals surface area (Å²) >= 11 is 5.99. The summed E-state index contributed by atoms with van der Waals surface area (Å²) in [6.45, 7) is -0.227. The van der Waals surface area contributed by atoms with Gasteiger partial charge in [-0.15, -0.1) is 0 Å². The summed E-state index contributed by atoms with van der Waals surface area (Å²) in [6.07, 6.45) is 0.424. The molecule has 1 saturated heterocycles.